The van der Waals surface area contributed by atoms with E-state index in [0.717, 1.165) is 0 Å². The Balaban J connectivity index is 2.03. The first-order valence-electron chi connectivity index (χ1n) is 18.8. The molecule has 40 heavy (non-hydrogen) atoms. The minimum Gasteiger partial charge on any atom is -0.234 e. The van der Waals surface area contributed by atoms with Crippen molar-refractivity contribution in [2.75, 3.05) is 0 Å². The number of unbranched alkanes of at least 4 members (excludes halogenated alkanes) is 26. The third-order valence-electron chi connectivity index (χ3n) is 9.10. The normalized spacial score (nSPS) is 11.7. The van der Waals surface area contributed by atoms with Gasteiger partial charge in [-0.3, -0.25) is 0 Å². The summed E-state index contributed by atoms with van der Waals surface area (Å²) in [6, 6.07) is 0.569. The lowest BCUT2D eigenvalue weighted by Crippen LogP contribution is -2.37. The molecule has 0 aromatic carbocycles. The second kappa shape index (κ2) is 28.3. The predicted octanol–water partition coefficient (Wildman–Crippen LogP) is 12.9. The van der Waals surface area contributed by atoms with Crippen molar-refractivity contribution in [3.63, 3.8) is 0 Å². The topological polar surface area (TPSA) is 8.81 Å². The van der Waals surface area contributed by atoms with Crippen molar-refractivity contribution in [3.05, 3.63) is 18.2 Å². The molecule has 236 valence electrons. The average molecular weight is 560 g/mol. The Labute approximate surface area is 253 Å². The Morgan fingerprint density at radius 3 is 1.15 bits per heavy atom. The van der Waals surface area contributed by atoms with Crippen molar-refractivity contribution in [2.45, 2.75) is 226 Å². The van der Waals surface area contributed by atoms with E-state index >= 15 is 0 Å². The van der Waals surface area contributed by atoms with Gasteiger partial charge in [0.15, 0.2) is 0 Å². The van der Waals surface area contributed by atoms with Crippen LogP contribution in [0.4, 0.5) is 0 Å². The lowest BCUT2D eigenvalue weighted by atomic mass is 10.0. The zero-order valence-electron chi connectivity index (χ0n) is 28.3. The molecule has 0 amide bonds. The first-order chi connectivity index (χ1) is 19.7. The molecule has 0 fully saturated rings. The van der Waals surface area contributed by atoms with Crippen molar-refractivity contribution < 1.29 is 4.57 Å². The van der Waals surface area contributed by atoms with Crippen molar-refractivity contribution in [2.24, 2.45) is 0 Å². The minimum absolute atomic E-state index is 0.569. The van der Waals surface area contributed by atoms with Crippen molar-refractivity contribution in [1.29, 1.82) is 0 Å². The molecule has 0 atom stereocenters. The molecule has 2 heteroatoms. The van der Waals surface area contributed by atoms with Crippen LogP contribution in [0.25, 0.3) is 0 Å². The summed E-state index contributed by atoms with van der Waals surface area (Å²) >= 11 is 0. The highest BCUT2D eigenvalue weighted by atomic mass is 15.2. The molecule has 0 aliphatic heterocycles. The number of hydrogen-bond donors (Lipinski definition) is 0. The summed E-state index contributed by atoms with van der Waals surface area (Å²) in [7, 11) is 0. The SMILES string of the molecule is CCCCCCCCCCCCCCCCCCCc1n(C(C)C)cc[n+]1CCCCCCCCCCCCC. The zero-order chi connectivity index (χ0) is 28.9. The number of nitrogens with zero attached hydrogens (tertiary/aromatic N) is 2. The predicted molar refractivity (Wildman–Crippen MR) is 179 cm³/mol. The Kier molecular flexibility index (Phi) is 26.4. The smallest absolute Gasteiger partial charge is 0.234 e. The van der Waals surface area contributed by atoms with Crippen LogP contribution in [0.5, 0.6) is 0 Å². The summed E-state index contributed by atoms with van der Waals surface area (Å²) in [5.74, 6) is 1.57. The molecule has 0 spiro atoms. The molecule has 0 saturated carbocycles. The number of hydrogen-bond acceptors (Lipinski definition) is 0. The monoisotopic (exact) mass is 560 g/mol. The van der Waals surface area contributed by atoms with Crippen LogP contribution < -0.4 is 4.57 Å². The Bertz CT molecular complexity index is 631. The van der Waals surface area contributed by atoms with Gasteiger partial charge in [0.1, 0.15) is 12.4 Å². The molecule has 0 saturated heterocycles. The number of imidazole rings is 1. The van der Waals surface area contributed by atoms with Crippen LogP contribution in [-0.4, -0.2) is 4.57 Å². The largest absolute Gasteiger partial charge is 0.256 e. The molecule has 0 radical (unpaired) electrons. The molecule has 1 heterocycles. The highest BCUT2D eigenvalue weighted by molar-refractivity contribution is 4.86. The van der Waals surface area contributed by atoms with Gasteiger partial charge < -0.3 is 0 Å². The van der Waals surface area contributed by atoms with Gasteiger partial charge in [0.05, 0.1) is 12.6 Å². The number of rotatable bonds is 31. The maximum Gasteiger partial charge on any atom is 0.256 e. The van der Waals surface area contributed by atoms with Crippen molar-refractivity contribution >= 4 is 0 Å². The number of aryl methyl sites for hydroxylation is 1. The van der Waals surface area contributed by atoms with Crippen LogP contribution in [0.3, 0.4) is 0 Å². The first-order valence-corrected chi connectivity index (χ1v) is 18.8. The van der Waals surface area contributed by atoms with E-state index < -0.39 is 0 Å². The Morgan fingerprint density at radius 1 is 0.475 bits per heavy atom. The molecule has 1 aromatic rings. The average Bonchev–Trinajstić information content (AvgIpc) is 3.36. The molecule has 1 rings (SSSR count). The highest BCUT2D eigenvalue weighted by Gasteiger charge is 2.18. The van der Waals surface area contributed by atoms with Gasteiger partial charge in [-0.2, -0.15) is 0 Å². The highest BCUT2D eigenvalue weighted by Crippen LogP contribution is 2.16. The molecular weight excluding hydrogens is 484 g/mol. The van der Waals surface area contributed by atoms with Crippen LogP contribution in [-0.2, 0) is 13.0 Å². The molecule has 1 aromatic heterocycles. The van der Waals surface area contributed by atoms with E-state index in [9.17, 15) is 0 Å². The summed E-state index contributed by atoms with van der Waals surface area (Å²) in [5.41, 5.74) is 0. The minimum atomic E-state index is 0.569. The molecule has 2 nitrogen and oxygen atoms in total. The van der Waals surface area contributed by atoms with Gasteiger partial charge >= 0.3 is 0 Å². The Morgan fingerprint density at radius 2 is 0.800 bits per heavy atom. The van der Waals surface area contributed by atoms with E-state index in [-0.39, 0.29) is 0 Å². The van der Waals surface area contributed by atoms with Gasteiger partial charge in [0, 0.05) is 6.42 Å². The van der Waals surface area contributed by atoms with Gasteiger partial charge in [-0.1, -0.05) is 174 Å². The van der Waals surface area contributed by atoms with Gasteiger partial charge in [0.25, 0.3) is 5.82 Å². The fourth-order valence-corrected chi connectivity index (χ4v) is 6.37. The van der Waals surface area contributed by atoms with E-state index in [1.54, 1.807) is 5.82 Å². The van der Waals surface area contributed by atoms with E-state index in [0.29, 0.717) is 6.04 Å². The second-order valence-electron chi connectivity index (χ2n) is 13.4. The van der Waals surface area contributed by atoms with E-state index in [2.05, 4.69) is 49.2 Å². The first kappa shape index (κ1) is 37.2. The summed E-state index contributed by atoms with van der Waals surface area (Å²) in [6.45, 7) is 10.5. The Hall–Kier alpha value is -0.790. The number of aromatic nitrogens is 2. The fraction of sp³-hybridized carbons (Fsp3) is 0.921. The maximum atomic E-state index is 2.58. The summed E-state index contributed by atoms with van der Waals surface area (Å²) < 4.78 is 5.12. The van der Waals surface area contributed by atoms with Crippen LogP contribution in [0.2, 0.25) is 0 Å². The van der Waals surface area contributed by atoms with E-state index in [4.69, 9.17) is 0 Å². The van der Waals surface area contributed by atoms with Gasteiger partial charge in [-0.25, -0.2) is 9.13 Å². The van der Waals surface area contributed by atoms with Crippen molar-refractivity contribution in [1.82, 2.24) is 4.57 Å². The molecular formula is C38H75N2+. The third kappa shape index (κ3) is 21.0. The van der Waals surface area contributed by atoms with E-state index in [1.807, 2.05) is 0 Å². The quantitative estimate of drug-likeness (QED) is 0.0631. The summed E-state index contributed by atoms with van der Waals surface area (Å²) in [4.78, 5) is 0. The summed E-state index contributed by atoms with van der Waals surface area (Å²) in [5, 5.41) is 0. The summed E-state index contributed by atoms with van der Waals surface area (Å²) in [6.07, 6.45) is 46.2. The van der Waals surface area contributed by atoms with Crippen molar-refractivity contribution in [3.8, 4) is 0 Å². The van der Waals surface area contributed by atoms with Crippen LogP contribution in [0, 0.1) is 0 Å². The molecule has 0 aliphatic rings. The van der Waals surface area contributed by atoms with Gasteiger partial charge in [-0.15, -0.1) is 0 Å². The maximum absolute atomic E-state index is 2.58. The second-order valence-corrected chi connectivity index (χ2v) is 13.4. The molecule has 0 N–H and O–H groups in total. The van der Waals surface area contributed by atoms with Crippen LogP contribution in [0.1, 0.15) is 219 Å². The lowest BCUT2D eigenvalue weighted by molar-refractivity contribution is -0.704. The molecule has 0 unspecified atom stereocenters. The van der Waals surface area contributed by atoms with E-state index in [1.165, 1.54) is 193 Å². The molecule has 0 aliphatic carbocycles. The lowest BCUT2D eigenvalue weighted by Gasteiger charge is -2.08. The van der Waals surface area contributed by atoms with Crippen LogP contribution in [0.15, 0.2) is 12.4 Å². The zero-order valence-corrected chi connectivity index (χ0v) is 28.3. The third-order valence-corrected chi connectivity index (χ3v) is 9.10. The van der Waals surface area contributed by atoms with Crippen LogP contribution >= 0.6 is 0 Å². The fourth-order valence-electron chi connectivity index (χ4n) is 6.37. The molecule has 0 bridgehead atoms. The van der Waals surface area contributed by atoms with Gasteiger partial charge in [0.2, 0.25) is 0 Å². The van der Waals surface area contributed by atoms with Gasteiger partial charge in [-0.05, 0) is 33.1 Å². The standard InChI is InChI=1S/C38H75N2/c1-5-7-9-11-13-15-17-18-19-20-21-22-23-25-27-29-31-33-38-39(35-36-40(38)37(3)4)34-32-30-28-26-24-16-14-12-10-8-6-2/h35-37H,5-34H2,1-4H3/q+1.